The molecular formula is C14H23N3OS. The Morgan fingerprint density at radius 3 is 3.00 bits per heavy atom. The van der Waals surface area contributed by atoms with Crippen LogP contribution in [0.4, 0.5) is 5.13 Å². The summed E-state index contributed by atoms with van der Waals surface area (Å²) in [6.45, 7) is 8.99. The maximum absolute atomic E-state index is 5.52. The van der Waals surface area contributed by atoms with Crippen LogP contribution in [0.2, 0.25) is 0 Å². The van der Waals surface area contributed by atoms with Crippen molar-refractivity contribution in [1.82, 2.24) is 10.3 Å². The summed E-state index contributed by atoms with van der Waals surface area (Å²) in [4.78, 5) is 8.80. The average molecular weight is 281 g/mol. The minimum absolute atomic E-state index is 0.443. The zero-order valence-corrected chi connectivity index (χ0v) is 12.6. The summed E-state index contributed by atoms with van der Waals surface area (Å²) in [5.74, 6) is 0.731. The normalized spacial score (nSPS) is 23.9. The van der Waals surface area contributed by atoms with E-state index in [2.05, 4.69) is 24.1 Å². The van der Waals surface area contributed by atoms with Crippen LogP contribution in [0.3, 0.4) is 0 Å². The molecule has 1 saturated heterocycles. The molecule has 5 heteroatoms. The fourth-order valence-corrected chi connectivity index (χ4v) is 3.77. The molecule has 2 aliphatic rings. The largest absolute Gasteiger partial charge is 0.377 e. The molecule has 1 aromatic heterocycles. The molecule has 1 unspecified atom stereocenters. The van der Waals surface area contributed by atoms with Gasteiger partial charge in [0.05, 0.1) is 24.9 Å². The summed E-state index contributed by atoms with van der Waals surface area (Å²) in [7, 11) is 0. The van der Waals surface area contributed by atoms with Crippen LogP contribution >= 0.6 is 11.3 Å². The number of aromatic nitrogens is 1. The fraction of sp³-hybridized carbons (Fsp3) is 0.786. The maximum atomic E-state index is 5.52. The van der Waals surface area contributed by atoms with E-state index in [1.54, 1.807) is 0 Å². The van der Waals surface area contributed by atoms with E-state index >= 15 is 0 Å². The molecule has 3 rings (SSSR count). The Bertz CT molecular complexity index is 430. The molecule has 0 radical (unpaired) electrons. The summed E-state index contributed by atoms with van der Waals surface area (Å²) >= 11 is 1.87. The van der Waals surface area contributed by atoms with Crippen molar-refractivity contribution in [3.05, 3.63) is 10.6 Å². The van der Waals surface area contributed by atoms with Crippen molar-refractivity contribution in [2.45, 2.75) is 45.2 Å². The molecule has 0 amide bonds. The van der Waals surface area contributed by atoms with Gasteiger partial charge in [0.1, 0.15) is 0 Å². The van der Waals surface area contributed by atoms with Gasteiger partial charge in [0.25, 0.3) is 0 Å². The number of nitrogens with one attached hydrogen (secondary N) is 1. The van der Waals surface area contributed by atoms with Crippen LogP contribution in [-0.2, 0) is 11.3 Å². The van der Waals surface area contributed by atoms with Crippen LogP contribution < -0.4 is 10.2 Å². The second-order valence-electron chi connectivity index (χ2n) is 5.48. The number of rotatable bonds is 5. The predicted octanol–water partition coefficient (Wildman–Crippen LogP) is 2.36. The molecular weight excluding hydrogens is 258 g/mol. The van der Waals surface area contributed by atoms with E-state index in [9.17, 15) is 0 Å². The van der Waals surface area contributed by atoms with E-state index in [-0.39, 0.29) is 0 Å². The molecule has 1 atom stereocenters. The Labute approximate surface area is 119 Å². The number of anilines is 1. The zero-order valence-electron chi connectivity index (χ0n) is 11.8. The summed E-state index contributed by atoms with van der Waals surface area (Å²) in [5.41, 5.74) is 1.36. The average Bonchev–Trinajstić information content (AvgIpc) is 3.18. The van der Waals surface area contributed by atoms with Gasteiger partial charge in [-0.25, -0.2) is 4.98 Å². The predicted molar refractivity (Wildman–Crippen MR) is 79.1 cm³/mol. The first-order valence-electron chi connectivity index (χ1n) is 7.34. The number of nitrogens with zero attached hydrogens (tertiary/aromatic N) is 2. The summed E-state index contributed by atoms with van der Waals surface area (Å²) < 4.78 is 5.52. The lowest BCUT2D eigenvalue weighted by molar-refractivity contribution is 0.0989. The van der Waals surface area contributed by atoms with Gasteiger partial charge in [-0.1, -0.05) is 6.92 Å². The highest BCUT2D eigenvalue weighted by molar-refractivity contribution is 7.15. The molecule has 1 aliphatic carbocycles. The van der Waals surface area contributed by atoms with E-state index in [1.165, 1.54) is 28.5 Å². The van der Waals surface area contributed by atoms with E-state index < -0.39 is 0 Å². The fourth-order valence-electron chi connectivity index (χ4n) is 2.53. The molecule has 19 heavy (non-hydrogen) atoms. The van der Waals surface area contributed by atoms with Crippen molar-refractivity contribution < 1.29 is 4.74 Å². The van der Waals surface area contributed by atoms with Crippen molar-refractivity contribution in [2.75, 3.05) is 31.2 Å². The first-order valence-corrected chi connectivity index (χ1v) is 8.16. The Morgan fingerprint density at radius 2 is 2.32 bits per heavy atom. The van der Waals surface area contributed by atoms with Crippen molar-refractivity contribution in [3.8, 4) is 0 Å². The van der Waals surface area contributed by atoms with Crippen LogP contribution in [0.1, 0.15) is 43.2 Å². The minimum atomic E-state index is 0.443. The van der Waals surface area contributed by atoms with Gasteiger partial charge < -0.3 is 15.0 Å². The van der Waals surface area contributed by atoms with Crippen LogP contribution in [0.5, 0.6) is 0 Å². The van der Waals surface area contributed by atoms with Crippen molar-refractivity contribution in [3.63, 3.8) is 0 Å². The number of morpholine rings is 1. The van der Waals surface area contributed by atoms with E-state index in [0.717, 1.165) is 38.8 Å². The maximum Gasteiger partial charge on any atom is 0.186 e. The van der Waals surface area contributed by atoms with Gasteiger partial charge in [-0.2, -0.15) is 0 Å². The monoisotopic (exact) mass is 281 g/mol. The van der Waals surface area contributed by atoms with E-state index in [0.29, 0.717) is 6.04 Å². The third kappa shape index (κ3) is 2.93. The van der Waals surface area contributed by atoms with Gasteiger partial charge in [0.15, 0.2) is 5.13 Å². The molecule has 4 nitrogen and oxygen atoms in total. The molecule has 0 bridgehead atoms. The molecule has 0 aromatic carbocycles. The Morgan fingerprint density at radius 1 is 1.47 bits per heavy atom. The summed E-state index contributed by atoms with van der Waals surface area (Å²) in [6.07, 6.45) is 2.64. The minimum Gasteiger partial charge on any atom is -0.377 e. The molecule has 2 heterocycles. The number of hydrogen-bond donors (Lipinski definition) is 1. The number of ether oxygens (including phenoxy) is 1. The van der Waals surface area contributed by atoms with Gasteiger partial charge in [0.2, 0.25) is 0 Å². The van der Waals surface area contributed by atoms with Gasteiger partial charge >= 0.3 is 0 Å². The van der Waals surface area contributed by atoms with Crippen LogP contribution in [0.25, 0.3) is 0 Å². The molecule has 2 fully saturated rings. The van der Waals surface area contributed by atoms with Gasteiger partial charge in [-0.3, -0.25) is 0 Å². The lowest BCUT2D eigenvalue weighted by atomic mass is 10.2. The highest BCUT2D eigenvalue weighted by atomic mass is 32.1. The van der Waals surface area contributed by atoms with Crippen LogP contribution in [0, 0.1) is 0 Å². The van der Waals surface area contributed by atoms with Crippen LogP contribution in [0.15, 0.2) is 0 Å². The highest BCUT2D eigenvalue weighted by Crippen LogP contribution is 2.44. The zero-order chi connectivity index (χ0) is 13.2. The van der Waals surface area contributed by atoms with Crippen molar-refractivity contribution in [2.24, 2.45) is 0 Å². The molecule has 1 N–H and O–H groups in total. The standard InChI is InChI=1S/C14H23N3OS/c1-3-15-8-12-13(11-4-5-11)16-14(19-12)17-6-7-18-9-10(17)2/h10-11,15H,3-9H2,1-2H3. The molecule has 1 aromatic rings. The van der Waals surface area contributed by atoms with Crippen molar-refractivity contribution >= 4 is 16.5 Å². The summed E-state index contributed by atoms with van der Waals surface area (Å²) in [6, 6.07) is 0.443. The van der Waals surface area contributed by atoms with Crippen molar-refractivity contribution in [1.29, 1.82) is 0 Å². The topological polar surface area (TPSA) is 37.4 Å². The van der Waals surface area contributed by atoms with Gasteiger partial charge in [-0.05, 0) is 26.3 Å². The lowest BCUT2D eigenvalue weighted by Gasteiger charge is -2.32. The molecule has 1 aliphatic heterocycles. The lowest BCUT2D eigenvalue weighted by Crippen LogP contribution is -2.43. The number of hydrogen-bond acceptors (Lipinski definition) is 5. The smallest absolute Gasteiger partial charge is 0.186 e. The van der Waals surface area contributed by atoms with E-state index in [1.807, 2.05) is 11.3 Å². The third-order valence-electron chi connectivity index (χ3n) is 3.83. The first kappa shape index (κ1) is 13.3. The number of thiazole rings is 1. The Hall–Kier alpha value is -0.650. The van der Waals surface area contributed by atoms with Gasteiger partial charge in [-0.15, -0.1) is 11.3 Å². The second kappa shape index (κ2) is 5.77. The summed E-state index contributed by atoms with van der Waals surface area (Å²) in [5, 5.41) is 4.64. The third-order valence-corrected chi connectivity index (χ3v) is 4.94. The van der Waals surface area contributed by atoms with E-state index in [4.69, 9.17) is 9.72 Å². The molecule has 0 spiro atoms. The quantitative estimate of drug-likeness (QED) is 0.899. The SMILES string of the molecule is CCNCc1sc(N2CCOCC2C)nc1C1CC1. The Balaban J connectivity index is 1.80. The van der Waals surface area contributed by atoms with Crippen LogP contribution in [-0.4, -0.2) is 37.3 Å². The first-order chi connectivity index (χ1) is 9.29. The second-order valence-corrected chi connectivity index (χ2v) is 6.54. The van der Waals surface area contributed by atoms with Gasteiger partial charge in [0, 0.05) is 23.9 Å². The Kier molecular flexibility index (Phi) is 4.05. The molecule has 1 saturated carbocycles. The molecule has 106 valence electrons. The highest BCUT2D eigenvalue weighted by Gasteiger charge is 2.31.